The molecule has 0 bridgehead atoms. The van der Waals surface area contributed by atoms with Gasteiger partial charge in [-0.2, -0.15) is 0 Å². The molecule has 108 valence electrons. The summed E-state index contributed by atoms with van der Waals surface area (Å²) >= 11 is 0. The monoisotopic (exact) mass is 278 g/mol. The molecule has 6 nitrogen and oxygen atoms in total. The standard InChI is InChI=1S/C14H18N2O4/c17-14(16-8-11-9-18-4-3-15-11)10-1-2-12-13(7-10)20-6-5-19-12/h1-2,7,11,15H,3-6,8-9H2,(H,16,17). The predicted molar refractivity (Wildman–Crippen MR) is 72.4 cm³/mol. The van der Waals surface area contributed by atoms with Gasteiger partial charge in [0, 0.05) is 24.7 Å². The zero-order valence-electron chi connectivity index (χ0n) is 11.2. The van der Waals surface area contributed by atoms with Crippen LogP contribution in [0.25, 0.3) is 0 Å². The van der Waals surface area contributed by atoms with Crippen LogP contribution in [-0.4, -0.2) is 51.5 Å². The minimum Gasteiger partial charge on any atom is -0.486 e. The van der Waals surface area contributed by atoms with E-state index in [0.717, 1.165) is 13.2 Å². The molecule has 0 aromatic heterocycles. The number of fused-ring (bicyclic) bond motifs is 1. The van der Waals surface area contributed by atoms with Crippen LogP contribution in [0.4, 0.5) is 0 Å². The molecule has 0 aliphatic carbocycles. The maximum atomic E-state index is 12.1. The van der Waals surface area contributed by atoms with Crippen LogP contribution in [0, 0.1) is 0 Å². The fourth-order valence-corrected chi connectivity index (χ4v) is 2.25. The van der Waals surface area contributed by atoms with Crippen molar-refractivity contribution in [3.05, 3.63) is 23.8 Å². The van der Waals surface area contributed by atoms with Crippen LogP contribution in [0.2, 0.25) is 0 Å². The molecule has 1 saturated heterocycles. The highest BCUT2D eigenvalue weighted by molar-refractivity contribution is 5.94. The molecule has 1 unspecified atom stereocenters. The number of ether oxygens (including phenoxy) is 3. The molecule has 3 rings (SSSR count). The average molecular weight is 278 g/mol. The molecular weight excluding hydrogens is 260 g/mol. The van der Waals surface area contributed by atoms with E-state index in [1.807, 2.05) is 0 Å². The molecule has 2 aliphatic heterocycles. The molecule has 1 atom stereocenters. The summed E-state index contributed by atoms with van der Waals surface area (Å²) in [5.74, 6) is 1.20. The van der Waals surface area contributed by atoms with Gasteiger partial charge in [0.15, 0.2) is 11.5 Å². The average Bonchev–Trinajstić information content (AvgIpc) is 2.53. The summed E-state index contributed by atoms with van der Waals surface area (Å²) in [7, 11) is 0. The molecule has 0 saturated carbocycles. The fourth-order valence-electron chi connectivity index (χ4n) is 2.25. The lowest BCUT2D eigenvalue weighted by molar-refractivity contribution is 0.0734. The van der Waals surface area contributed by atoms with E-state index in [0.29, 0.717) is 43.4 Å². The van der Waals surface area contributed by atoms with Crippen molar-refractivity contribution in [2.24, 2.45) is 0 Å². The first kappa shape index (κ1) is 13.2. The van der Waals surface area contributed by atoms with Crippen molar-refractivity contribution in [1.29, 1.82) is 0 Å². The molecule has 0 radical (unpaired) electrons. The molecule has 2 N–H and O–H groups in total. The quantitative estimate of drug-likeness (QED) is 0.825. The summed E-state index contributed by atoms with van der Waals surface area (Å²) in [4.78, 5) is 12.1. The third-order valence-corrected chi connectivity index (χ3v) is 3.31. The van der Waals surface area contributed by atoms with Crippen LogP contribution in [0.3, 0.4) is 0 Å². The van der Waals surface area contributed by atoms with Crippen LogP contribution < -0.4 is 20.1 Å². The molecule has 2 aliphatic rings. The smallest absolute Gasteiger partial charge is 0.251 e. The second-order valence-corrected chi connectivity index (χ2v) is 4.79. The van der Waals surface area contributed by atoms with Gasteiger partial charge in [-0.3, -0.25) is 4.79 Å². The van der Waals surface area contributed by atoms with Crippen LogP contribution in [-0.2, 0) is 4.74 Å². The number of hydrogen-bond acceptors (Lipinski definition) is 5. The van der Waals surface area contributed by atoms with Crippen molar-refractivity contribution < 1.29 is 19.0 Å². The van der Waals surface area contributed by atoms with Gasteiger partial charge in [0.25, 0.3) is 5.91 Å². The van der Waals surface area contributed by atoms with Gasteiger partial charge in [0.05, 0.1) is 13.2 Å². The Morgan fingerprint density at radius 3 is 2.90 bits per heavy atom. The van der Waals surface area contributed by atoms with E-state index < -0.39 is 0 Å². The zero-order valence-corrected chi connectivity index (χ0v) is 11.2. The Hall–Kier alpha value is -1.79. The van der Waals surface area contributed by atoms with Crippen molar-refractivity contribution in [2.75, 3.05) is 39.5 Å². The van der Waals surface area contributed by atoms with Gasteiger partial charge in [-0.15, -0.1) is 0 Å². The van der Waals surface area contributed by atoms with E-state index in [1.54, 1.807) is 18.2 Å². The summed E-state index contributed by atoms with van der Waals surface area (Å²) < 4.78 is 16.2. The second kappa shape index (κ2) is 6.11. The lowest BCUT2D eigenvalue weighted by atomic mass is 10.1. The van der Waals surface area contributed by atoms with E-state index in [-0.39, 0.29) is 11.9 Å². The molecule has 1 aromatic rings. The molecular formula is C14H18N2O4. The number of rotatable bonds is 3. The fraction of sp³-hybridized carbons (Fsp3) is 0.500. The van der Waals surface area contributed by atoms with Crippen LogP contribution in [0.1, 0.15) is 10.4 Å². The van der Waals surface area contributed by atoms with Crippen molar-refractivity contribution in [3.63, 3.8) is 0 Å². The Morgan fingerprint density at radius 2 is 2.10 bits per heavy atom. The molecule has 6 heteroatoms. The Bertz CT molecular complexity index is 486. The molecule has 1 amide bonds. The molecule has 0 spiro atoms. The van der Waals surface area contributed by atoms with Gasteiger partial charge in [0.1, 0.15) is 13.2 Å². The minimum absolute atomic E-state index is 0.116. The molecule has 2 heterocycles. The Kier molecular flexibility index (Phi) is 4.03. The van der Waals surface area contributed by atoms with Crippen LogP contribution in [0.5, 0.6) is 11.5 Å². The number of hydrogen-bond donors (Lipinski definition) is 2. The van der Waals surface area contributed by atoms with Gasteiger partial charge in [-0.25, -0.2) is 0 Å². The van der Waals surface area contributed by atoms with E-state index in [4.69, 9.17) is 14.2 Å². The second-order valence-electron chi connectivity index (χ2n) is 4.79. The summed E-state index contributed by atoms with van der Waals surface area (Å²) in [5.41, 5.74) is 0.575. The number of nitrogens with one attached hydrogen (secondary N) is 2. The van der Waals surface area contributed by atoms with Gasteiger partial charge in [-0.1, -0.05) is 0 Å². The summed E-state index contributed by atoms with van der Waals surface area (Å²) in [6, 6.07) is 5.40. The number of amides is 1. The highest BCUT2D eigenvalue weighted by atomic mass is 16.6. The van der Waals surface area contributed by atoms with E-state index in [9.17, 15) is 4.79 Å². The summed E-state index contributed by atoms with van der Waals surface area (Å²) in [5, 5.41) is 6.19. The first-order valence-corrected chi connectivity index (χ1v) is 6.82. The maximum Gasteiger partial charge on any atom is 0.251 e. The Labute approximate surface area is 117 Å². The van der Waals surface area contributed by atoms with Crippen LogP contribution >= 0.6 is 0 Å². The molecule has 1 aromatic carbocycles. The highest BCUT2D eigenvalue weighted by Crippen LogP contribution is 2.30. The van der Waals surface area contributed by atoms with Crippen molar-refractivity contribution in [1.82, 2.24) is 10.6 Å². The first-order chi connectivity index (χ1) is 9.83. The molecule has 20 heavy (non-hydrogen) atoms. The van der Waals surface area contributed by atoms with Crippen molar-refractivity contribution in [3.8, 4) is 11.5 Å². The van der Waals surface area contributed by atoms with Crippen molar-refractivity contribution >= 4 is 5.91 Å². The predicted octanol–water partition coefficient (Wildman–Crippen LogP) is 0.176. The maximum absolute atomic E-state index is 12.1. The van der Waals surface area contributed by atoms with Gasteiger partial charge in [-0.05, 0) is 18.2 Å². The number of carbonyl (C=O) groups is 1. The van der Waals surface area contributed by atoms with Crippen molar-refractivity contribution in [2.45, 2.75) is 6.04 Å². The number of benzene rings is 1. The van der Waals surface area contributed by atoms with Gasteiger partial charge < -0.3 is 24.8 Å². The lowest BCUT2D eigenvalue weighted by Gasteiger charge is -2.24. The van der Waals surface area contributed by atoms with E-state index >= 15 is 0 Å². The number of morpholine rings is 1. The Balaban J connectivity index is 1.59. The SMILES string of the molecule is O=C(NCC1COCCN1)c1ccc2c(c1)OCCO2. The summed E-state index contributed by atoms with van der Waals surface area (Å²) in [6.45, 7) is 3.79. The minimum atomic E-state index is -0.116. The topological polar surface area (TPSA) is 68.8 Å². The van der Waals surface area contributed by atoms with Gasteiger partial charge in [0.2, 0.25) is 0 Å². The number of carbonyl (C=O) groups excluding carboxylic acids is 1. The lowest BCUT2D eigenvalue weighted by Crippen LogP contribution is -2.48. The third-order valence-electron chi connectivity index (χ3n) is 3.31. The highest BCUT2D eigenvalue weighted by Gasteiger charge is 2.17. The normalized spacial score (nSPS) is 21.3. The molecule has 1 fully saturated rings. The largest absolute Gasteiger partial charge is 0.486 e. The van der Waals surface area contributed by atoms with E-state index in [2.05, 4.69) is 10.6 Å². The summed E-state index contributed by atoms with van der Waals surface area (Å²) in [6.07, 6.45) is 0. The third kappa shape index (κ3) is 3.02. The first-order valence-electron chi connectivity index (χ1n) is 6.82. The zero-order chi connectivity index (χ0) is 13.8. The Morgan fingerprint density at radius 1 is 1.25 bits per heavy atom. The van der Waals surface area contributed by atoms with Crippen LogP contribution in [0.15, 0.2) is 18.2 Å². The van der Waals surface area contributed by atoms with E-state index in [1.165, 1.54) is 0 Å². The van der Waals surface area contributed by atoms with Gasteiger partial charge >= 0.3 is 0 Å².